The zero-order valence-electron chi connectivity index (χ0n) is 18.6. The number of esters is 1. The highest BCUT2D eigenvalue weighted by atomic mass is 16.5. The zero-order chi connectivity index (χ0) is 24.1. The number of hydrogen-bond acceptors (Lipinski definition) is 6. The highest BCUT2D eigenvalue weighted by molar-refractivity contribution is 6.34. The Morgan fingerprint density at radius 1 is 0.857 bits per heavy atom. The van der Waals surface area contributed by atoms with Gasteiger partial charge in [0.2, 0.25) is 0 Å². The molecule has 3 aromatic carbocycles. The van der Waals surface area contributed by atoms with E-state index in [1.807, 2.05) is 12.1 Å². The van der Waals surface area contributed by atoms with Crippen LogP contribution < -0.4 is 10.5 Å². The van der Waals surface area contributed by atoms with Crippen molar-refractivity contribution in [3.05, 3.63) is 111 Å². The van der Waals surface area contributed by atoms with Gasteiger partial charge in [-0.15, -0.1) is 0 Å². The third kappa shape index (κ3) is 3.52. The Morgan fingerprint density at radius 2 is 1.51 bits per heavy atom. The highest BCUT2D eigenvalue weighted by Gasteiger charge is 2.36. The summed E-state index contributed by atoms with van der Waals surface area (Å²) in [5.74, 6) is -1.38. The van der Waals surface area contributed by atoms with Crippen LogP contribution in [0.25, 0.3) is 11.0 Å². The van der Waals surface area contributed by atoms with Crippen molar-refractivity contribution in [1.82, 2.24) is 0 Å². The van der Waals surface area contributed by atoms with E-state index in [0.717, 1.165) is 29.5 Å². The number of imide groups is 1. The fourth-order valence-electron chi connectivity index (χ4n) is 4.81. The third-order valence-corrected chi connectivity index (χ3v) is 6.56. The molecule has 35 heavy (non-hydrogen) atoms. The first-order valence-corrected chi connectivity index (χ1v) is 11.3. The number of ether oxygens (including phenoxy) is 1. The van der Waals surface area contributed by atoms with E-state index in [2.05, 4.69) is 0 Å². The molecule has 7 heteroatoms. The fraction of sp³-hybridized carbons (Fsp3) is 0.143. The Bertz CT molecular complexity index is 1560. The van der Waals surface area contributed by atoms with Gasteiger partial charge < -0.3 is 9.15 Å². The lowest BCUT2D eigenvalue weighted by Gasteiger charge is -2.14. The molecule has 1 aliphatic heterocycles. The van der Waals surface area contributed by atoms with E-state index in [1.165, 1.54) is 41.5 Å². The summed E-state index contributed by atoms with van der Waals surface area (Å²) in [7, 11) is 0. The summed E-state index contributed by atoms with van der Waals surface area (Å²) in [5, 5.41) is 0.763. The maximum Gasteiger partial charge on any atom is 0.338 e. The molecule has 0 unspecified atom stereocenters. The number of carbonyl (C=O) groups is 3. The summed E-state index contributed by atoms with van der Waals surface area (Å²) >= 11 is 0. The van der Waals surface area contributed by atoms with Gasteiger partial charge in [0.15, 0.2) is 0 Å². The van der Waals surface area contributed by atoms with Gasteiger partial charge in [-0.1, -0.05) is 12.1 Å². The third-order valence-electron chi connectivity index (χ3n) is 6.56. The number of fused-ring (bicyclic) bond motifs is 3. The lowest BCUT2D eigenvalue weighted by atomic mass is 10.0. The van der Waals surface area contributed by atoms with Crippen molar-refractivity contribution in [1.29, 1.82) is 0 Å². The van der Waals surface area contributed by atoms with E-state index in [1.54, 1.807) is 24.3 Å². The van der Waals surface area contributed by atoms with Gasteiger partial charge in [-0.25, -0.2) is 14.5 Å². The van der Waals surface area contributed by atoms with Crippen LogP contribution in [0.2, 0.25) is 0 Å². The second-order valence-electron chi connectivity index (χ2n) is 8.68. The molecular weight excluding hydrogens is 446 g/mol. The van der Waals surface area contributed by atoms with Crippen molar-refractivity contribution >= 4 is 34.4 Å². The molecule has 1 aromatic heterocycles. The normalized spacial score (nSPS) is 14.3. The van der Waals surface area contributed by atoms with Crippen molar-refractivity contribution in [2.24, 2.45) is 0 Å². The minimum Gasteiger partial charge on any atom is -0.457 e. The van der Waals surface area contributed by atoms with Gasteiger partial charge in [-0.2, -0.15) is 0 Å². The van der Waals surface area contributed by atoms with Crippen molar-refractivity contribution < 1.29 is 23.5 Å². The predicted molar refractivity (Wildman–Crippen MR) is 128 cm³/mol. The lowest BCUT2D eigenvalue weighted by molar-refractivity contribution is 0.0473. The first-order valence-electron chi connectivity index (χ1n) is 11.3. The molecule has 0 bridgehead atoms. The fourth-order valence-corrected chi connectivity index (χ4v) is 4.81. The number of anilines is 1. The van der Waals surface area contributed by atoms with Gasteiger partial charge in [-0.3, -0.25) is 9.59 Å². The summed E-state index contributed by atoms with van der Waals surface area (Å²) in [6, 6.07) is 18.0. The van der Waals surface area contributed by atoms with E-state index in [0.29, 0.717) is 28.0 Å². The molecule has 2 amide bonds. The van der Waals surface area contributed by atoms with Gasteiger partial charge >= 0.3 is 11.6 Å². The van der Waals surface area contributed by atoms with Crippen LogP contribution in [0, 0.1) is 0 Å². The quantitative estimate of drug-likeness (QED) is 0.251. The second-order valence-corrected chi connectivity index (χ2v) is 8.68. The molecule has 172 valence electrons. The highest BCUT2D eigenvalue weighted by Crippen LogP contribution is 2.30. The van der Waals surface area contributed by atoms with Gasteiger partial charge in [0.05, 0.1) is 22.4 Å². The van der Waals surface area contributed by atoms with Crippen LogP contribution in [-0.4, -0.2) is 17.8 Å². The molecule has 0 radical (unpaired) electrons. The Hall–Kier alpha value is -4.52. The summed E-state index contributed by atoms with van der Waals surface area (Å²) in [6.45, 7) is -0.0835. The smallest absolute Gasteiger partial charge is 0.338 e. The van der Waals surface area contributed by atoms with Gasteiger partial charge in [0.1, 0.15) is 12.2 Å². The Balaban J connectivity index is 1.21. The topological polar surface area (TPSA) is 93.9 Å². The first kappa shape index (κ1) is 21.0. The average Bonchev–Trinajstić information content (AvgIpc) is 3.43. The minimum atomic E-state index is -0.582. The number of aryl methyl sites for hydroxylation is 2. The molecule has 7 nitrogen and oxygen atoms in total. The molecule has 0 saturated carbocycles. The van der Waals surface area contributed by atoms with Crippen molar-refractivity contribution in [2.75, 3.05) is 4.90 Å². The summed E-state index contributed by atoms with van der Waals surface area (Å²) in [5.41, 5.74) is 4.34. The standard InChI is InChI=1S/C28H19NO6/c30-25-14-19(23-12-17-4-3-5-18(17)13-24(23)35-25)15-34-28(33)16-8-10-20(11-9-16)29-26(31)21-6-1-2-7-22(21)27(29)32/h1-2,6-14H,3-5,15H2. The van der Waals surface area contributed by atoms with E-state index >= 15 is 0 Å². The van der Waals surface area contributed by atoms with Crippen LogP contribution in [-0.2, 0) is 24.2 Å². The van der Waals surface area contributed by atoms with Gasteiger partial charge in [-0.05, 0) is 78.9 Å². The molecule has 0 N–H and O–H groups in total. The van der Waals surface area contributed by atoms with E-state index < -0.39 is 23.4 Å². The molecule has 0 atom stereocenters. The Labute approximate surface area is 199 Å². The van der Waals surface area contributed by atoms with Crippen molar-refractivity contribution in [3.63, 3.8) is 0 Å². The van der Waals surface area contributed by atoms with Crippen molar-refractivity contribution in [2.45, 2.75) is 25.9 Å². The Morgan fingerprint density at radius 3 is 2.20 bits per heavy atom. The van der Waals surface area contributed by atoms with Crippen LogP contribution in [0.3, 0.4) is 0 Å². The molecule has 4 aromatic rings. The first-order chi connectivity index (χ1) is 17.0. The molecular formula is C28H19NO6. The van der Waals surface area contributed by atoms with Crippen LogP contribution >= 0.6 is 0 Å². The van der Waals surface area contributed by atoms with Crippen molar-refractivity contribution in [3.8, 4) is 0 Å². The van der Waals surface area contributed by atoms with Crippen LogP contribution in [0.4, 0.5) is 5.69 Å². The monoisotopic (exact) mass is 465 g/mol. The molecule has 0 spiro atoms. The number of hydrogen-bond donors (Lipinski definition) is 0. The van der Waals surface area contributed by atoms with Gasteiger partial charge in [0, 0.05) is 17.0 Å². The van der Waals surface area contributed by atoms with E-state index in [9.17, 15) is 19.2 Å². The lowest BCUT2D eigenvalue weighted by Crippen LogP contribution is -2.29. The van der Waals surface area contributed by atoms with Crippen LogP contribution in [0.15, 0.2) is 75.9 Å². The molecule has 2 heterocycles. The number of carbonyl (C=O) groups excluding carboxylic acids is 3. The average molecular weight is 465 g/mol. The summed E-state index contributed by atoms with van der Waals surface area (Å²) in [6.07, 6.45) is 3.00. The predicted octanol–water partition coefficient (Wildman–Crippen LogP) is 4.44. The van der Waals surface area contributed by atoms with Gasteiger partial charge in [0.25, 0.3) is 11.8 Å². The maximum atomic E-state index is 12.7. The summed E-state index contributed by atoms with van der Waals surface area (Å²) in [4.78, 5) is 51.2. The largest absolute Gasteiger partial charge is 0.457 e. The SMILES string of the molecule is O=C(OCc1cc(=O)oc2cc3c(cc12)CCC3)c1ccc(N2C(=O)c3ccccc3C2=O)cc1. The minimum absolute atomic E-state index is 0.0835. The van der Waals surface area contributed by atoms with E-state index in [4.69, 9.17) is 9.15 Å². The molecule has 0 fully saturated rings. The zero-order valence-corrected chi connectivity index (χ0v) is 18.6. The number of amides is 2. The number of rotatable bonds is 4. The summed E-state index contributed by atoms with van der Waals surface area (Å²) < 4.78 is 10.9. The maximum absolute atomic E-state index is 12.7. The molecule has 0 saturated heterocycles. The van der Waals surface area contributed by atoms with E-state index in [-0.39, 0.29) is 12.2 Å². The van der Waals surface area contributed by atoms with Crippen LogP contribution in [0.1, 0.15) is 54.2 Å². The molecule has 6 rings (SSSR count). The molecule has 1 aliphatic carbocycles. The number of nitrogens with zero attached hydrogens (tertiary/aromatic N) is 1. The Kier molecular flexibility index (Phi) is 4.84. The number of benzene rings is 3. The van der Waals surface area contributed by atoms with Crippen LogP contribution in [0.5, 0.6) is 0 Å². The molecule has 2 aliphatic rings. The second kappa shape index (κ2) is 8.06.